The number of phenols is 2. The second-order valence-corrected chi connectivity index (χ2v) is 5.14. The molecule has 4 nitrogen and oxygen atoms in total. The maximum absolute atomic E-state index is 10.1. The van der Waals surface area contributed by atoms with E-state index in [4.69, 9.17) is 0 Å². The van der Waals surface area contributed by atoms with Crippen LogP contribution in [-0.2, 0) is 0 Å². The molecule has 5 heteroatoms. The molecular weight excluding hydrogens is 263 g/mol. The zero-order valence-electron chi connectivity index (χ0n) is 11.9. The Morgan fingerprint density at radius 1 is 1.05 bits per heavy atom. The van der Waals surface area contributed by atoms with Crippen molar-refractivity contribution in [3.63, 3.8) is 0 Å². The van der Waals surface area contributed by atoms with Gasteiger partial charge in [-0.1, -0.05) is 29.7 Å². The first-order chi connectivity index (χ1) is 10.1. The molecule has 104 valence electrons. The highest BCUT2D eigenvalue weighted by molar-refractivity contribution is 6.32. The predicted octanol–water partition coefficient (Wildman–Crippen LogP) is 1.72. The third-order valence-electron chi connectivity index (χ3n) is 3.52. The molecule has 1 heterocycles. The van der Waals surface area contributed by atoms with E-state index in [2.05, 4.69) is 10.2 Å². The van der Waals surface area contributed by atoms with Crippen molar-refractivity contribution in [1.82, 2.24) is 10.2 Å². The molecule has 0 fully saturated rings. The average molecular weight is 278 g/mol. The summed E-state index contributed by atoms with van der Waals surface area (Å²) >= 11 is 0. The van der Waals surface area contributed by atoms with Crippen LogP contribution in [0.5, 0.6) is 11.5 Å². The van der Waals surface area contributed by atoms with Gasteiger partial charge in [0.25, 0.3) is 0 Å². The quantitative estimate of drug-likeness (QED) is 0.625. The second kappa shape index (κ2) is 5.02. The van der Waals surface area contributed by atoms with Crippen molar-refractivity contribution in [3.05, 3.63) is 48.2 Å². The molecular formula is C16H15BN2O2. The van der Waals surface area contributed by atoms with Crippen LogP contribution < -0.4 is 5.46 Å². The first kappa shape index (κ1) is 13.3. The van der Waals surface area contributed by atoms with Gasteiger partial charge in [0, 0.05) is 22.9 Å². The molecule has 1 aromatic heterocycles. The van der Waals surface area contributed by atoms with Gasteiger partial charge < -0.3 is 10.2 Å². The fraction of sp³-hybridized carbons (Fsp3) is 0.0625. The highest BCUT2D eigenvalue weighted by Gasteiger charge is 2.17. The van der Waals surface area contributed by atoms with Crippen LogP contribution in [0.4, 0.5) is 0 Å². The number of phenolic OH excluding ortho intramolecular Hbond substituents is 2. The number of aromatic amines is 1. The minimum atomic E-state index is 0.00913. The topological polar surface area (TPSA) is 69.1 Å². The lowest BCUT2D eigenvalue weighted by Gasteiger charge is -2.07. The van der Waals surface area contributed by atoms with Gasteiger partial charge in [-0.2, -0.15) is 5.10 Å². The van der Waals surface area contributed by atoms with E-state index in [1.165, 1.54) is 17.6 Å². The number of aromatic hydroxyl groups is 2. The lowest BCUT2D eigenvalue weighted by atomic mass is 9.92. The number of hydrogen-bond acceptors (Lipinski definition) is 3. The van der Waals surface area contributed by atoms with Crippen molar-refractivity contribution < 1.29 is 10.2 Å². The van der Waals surface area contributed by atoms with Crippen LogP contribution in [0, 0.1) is 6.92 Å². The van der Waals surface area contributed by atoms with E-state index in [1.807, 2.05) is 39.0 Å². The SMILES string of the molecule is Bc1ccc(-c2c(-c3ccc(O)cc3O)n[nH]c2C)cc1. The van der Waals surface area contributed by atoms with E-state index < -0.39 is 0 Å². The second-order valence-electron chi connectivity index (χ2n) is 5.14. The Morgan fingerprint density at radius 2 is 1.76 bits per heavy atom. The maximum atomic E-state index is 10.1. The molecule has 0 bridgehead atoms. The van der Waals surface area contributed by atoms with Crippen molar-refractivity contribution in [2.24, 2.45) is 0 Å². The molecule has 0 spiro atoms. The van der Waals surface area contributed by atoms with Crippen molar-refractivity contribution in [1.29, 1.82) is 0 Å². The molecule has 0 radical (unpaired) electrons. The molecule has 3 aromatic rings. The van der Waals surface area contributed by atoms with Crippen LogP contribution in [0.25, 0.3) is 22.4 Å². The summed E-state index contributed by atoms with van der Waals surface area (Å²) in [4.78, 5) is 0. The summed E-state index contributed by atoms with van der Waals surface area (Å²) in [6, 6.07) is 12.7. The van der Waals surface area contributed by atoms with Crippen LogP contribution in [0.2, 0.25) is 0 Å². The summed E-state index contributed by atoms with van der Waals surface area (Å²) in [5.74, 6) is 0.0373. The Morgan fingerprint density at radius 3 is 2.43 bits per heavy atom. The number of nitrogens with zero attached hydrogens (tertiary/aromatic N) is 1. The summed E-state index contributed by atoms with van der Waals surface area (Å²) in [6.07, 6.45) is 0. The smallest absolute Gasteiger partial charge is 0.139 e. The minimum Gasteiger partial charge on any atom is -0.508 e. The number of aromatic nitrogens is 2. The van der Waals surface area contributed by atoms with Gasteiger partial charge in [0.15, 0.2) is 0 Å². The molecule has 21 heavy (non-hydrogen) atoms. The number of nitrogens with one attached hydrogen (secondary N) is 1. The van der Waals surface area contributed by atoms with Crippen molar-refractivity contribution in [2.45, 2.75) is 6.92 Å². The lowest BCUT2D eigenvalue weighted by Crippen LogP contribution is -1.99. The summed E-state index contributed by atoms with van der Waals surface area (Å²) in [7, 11) is 2.04. The van der Waals surface area contributed by atoms with Gasteiger partial charge in [-0.05, 0) is 24.6 Å². The molecule has 3 N–H and O–H groups in total. The molecule has 0 saturated carbocycles. The normalized spacial score (nSPS) is 10.7. The molecule has 0 amide bonds. The Labute approximate surface area is 123 Å². The molecule has 0 atom stereocenters. The molecule has 0 aliphatic rings. The Bertz CT molecular complexity index is 795. The number of rotatable bonds is 2. The zero-order chi connectivity index (χ0) is 15.0. The van der Waals surface area contributed by atoms with Gasteiger partial charge in [0.1, 0.15) is 25.0 Å². The maximum Gasteiger partial charge on any atom is 0.139 e. The first-order valence-corrected chi connectivity index (χ1v) is 6.70. The van der Waals surface area contributed by atoms with Gasteiger partial charge in [0.2, 0.25) is 0 Å². The van der Waals surface area contributed by atoms with E-state index >= 15 is 0 Å². The van der Waals surface area contributed by atoms with Gasteiger partial charge in [-0.15, -0.1) is 0 Å². The fourth-order valence-electron chi connectivity index (χ4n) is 2.42. The van der Waals surface area contributed by atoms with Crippen LogP contribution in [0.3, 0.4) is 0 Å². The first-order valence-electron chi connectivity index (χ1n) is 6.70. The minimum absolute atomic E-state index is 0.00913. The highest BCUT2D eigenvalue weighted by atomic mass is 16.3. The van der Waals surface area contributed by atoms with Gasteiger partial charge in [-0.3, -0.25) is 5.10 Å². The number of aryl methyl sites for hydroxylation is 1. The molecule has 3 rings (SSSR count). The van der Waals surface area contributed by atoms with Crippen molar-refractivity contribution in [3.8, 4) is 33.9 Å². The third kappa shape index (κ3) is 2.38. The van der Waals surface area contributed by atoms with E-state index in [9.17, 15) is 10.2 Å². The lowest BCUT2D eigenvalue weighted by molar-refractivity contribution is 0.452. The monoisotopic (exact) mass is 278 g/mol. The average Bonchev–Trinajstić information content (AvgIpc) is 2.82. The van der Waals surface area contributed by atoms with Gasteiger partial charge in [-0.25, -0.2) is 0 Å². The van der Waals surface area contributed by atoms with Crippen LogP contribution in [-0.4, -0.2) is 28.3 Å². The van der Waals surface area contributed by atoms with E-state index in [0.717, 1.165) is 16.8 Å². The van der Waals surface area contributed by atoms with Crippen molar-refractivity contribution in [2.75, 3.05) is 0 Å². The summed E-state index contributed by atoms with van der Waals surface area (Å²) < 4.78 is 0. The van der Waals surface area contributed by atoms with Crippen LogP contribution >= 0.6 is 0 Å². The molecule has 2 aromatic carbocycles. The summed E-state index contributed by atoms with van der Waals surface area (Å²) in [5.41, 5.74) is 5.38. The van der Waals surface area contributed by atoms with Crippen LogP contribution in [0.1, 0.15) is 5.69 Å². The highest BCUT2D eigenvalue weighted by Crippen LogP contribution is 2.38. The number of benzene rings is 2. The largest absolute Gasteiger partial charge is 0.508 e. The fourth-order valence-corrected chi connectivity index (χ4v) is 2.42. The van der Waals surface area contributed by atoms with E-state index in [-0.39, 0.29) is 11.5 Å². The van der Waals surface area contributed by atoms with E-state index in [0.29, 0.717) is 11.3 Å². The summed E-state index contributed by atoms with van der Waals surface area (Å²) in [5, 5.41) is 26.7. The summed E-state index contributed by atoms with van der Waals surface area (Å²) in [6.45, 7) is 1.95. The Kier molecular flexibility index (Phi) is 3.18. The number of hydrogen-bond donors (Lipinski definition) is 3. The van der Waals surface area contributed by atoms with E-state index in [1.54, 1.807) is 6.07 Å². The molecule has 0 unspecified atom stereocenters. The van der Waals surface area contributed by atoms with Crippen LogP contribution in [0.15, 0.2) is 42.5 Å². The standard InChI is InChI=1S/C16H15BN2O2/c1-9-15(10-2-4-11(17)5-3-10)16(19-18-9)13-7-6-12(20)8-14(13)21/h2-8,20-21H,17H2,1H3,(H,18,19). The molecule has 0 aliphatic heterocycles. The third-order valence-corrected chi connectivity index (χ3v) is 3.52. The molecule has 0 saturated heterocycles. The Balaban J connectivity index is 2.19. The van der Waals surface area contributed by atoms with Gasteiger partial charge in [0.05, 0.1) is 0 Å². The number of H-pyrrole nitrogens is 1. The molecule has 0 aliphatic carbocycles. The predicted molar refractivity (Wildman–Crippen MR) is 85.7 cm³/mol. The Hall–Kier alpha value is -2.69. The zero-order valence-corrected chi connectivity index (χ0v) is 11.9. The van der Waals surface area contributed by atoms with Gasteiger partial charge >= 0.3 is 0 Å². The van der Waals surface area contributed by atoms with Crippen molar-refractivity contribution >= 4 is 13.3 Å².